The molecule has 0 fully saturated rings. The quantitative estimate of drug-likeness (QED) is 0.788. The molecule has 2 aromatic rings. The van der Waals surface area contributed by atoms with Crippen LogP contribution < -0.4 is 20.7 Å². The highest BCUT2D eigenvalue weighted by molar-refractivity contribution is 5.99. The summed E-state index contributed by atoms with van der Waals surface area (Å²) in [6.07, 6.45) is 0.989. The van der Waals surface area contributed by atoms with E-state index in [4.69, 9.17) is 4.74 Å². The second kappa shape index (κ2) is 8.57. The SMILES string of the molecule is CCOc1cccc(NC(=O)Nc2ccc3c(c2)CCNC3)c1.Cl. The third-order valence-electron chi connectivity index (χ3n) is 3.75. The van der Waals surface area contributed by atoms with Crippen molar-refractivity contribution in [1.29, 1.82) is 0 Å². The smallest absolute Gasteiger partial charge is 0.323 e. The molecule has 128 valence electrons. The van der Waals surface area contributed by atoms with Crippen LogP contribution in [0.15, 0.2) is 42.5 Å². The Labute approximate surface area is 148 Å². The molecule has 0 atom stereocenters. The Morgan fingerprint density at radius 3 is 2.71 bits per heavy atom. The lowest BCUT2D eigenvalue weighted by Crippen LogP contribution is -2.24. The minimum Gasteiger partial charge on any atom is -0.494 e. The molecule has 0 radical (unpaired) electrons. The monoisotopic (exact) mass is 347 g/mol. The number of amides is 2. The number of rotatable bonds is 4. The van der Waals surface area contributed by atoms with E-state index in [-0.39, 0.29) is 18.4 Å². The predicted octanol–water partition coefficient (Wildman–Crippen LogP) is 3.80. The minimum absolute atomic E-state index is 0. The van der Waals surface area contributed by atoms with Crippen LogP contribution in [0, 0.1) is 0 Å². The van der Waals surface area contributed by atoms with Crippen molar-refractivity contribution in [3.8, 4) is 5.75 Å². The summed E-state index contributed by atoms with van der Waals surface area (Å²) in [6.45, 7) is 4.40. The van der Waals surface area contributed by atoms with Gasteiger partial charge in [0.05, 0.1) is 6.61 Å². The van der Waals surface area contributed by atoms with E-state index in [1.54, 1.807) is 0 Å². The first kappa shape index (κ1) is 18.1. The maximum absolute atomic E-state index is 12.1. The van der Waals surface area contributed by atoms with E-state index in [0.717, 1.165) is 30.9 Å². The van der Waals surface area contributed by atoms with Gasteiger partial charge in [0, 0.05) is 24.0 Å². The van der Waals surface area contributed by atoms with Crippen molar-refractivity contribution in [2.45, 2.75) is 19.9 Å². The van der Waals surface area contributed by atoms with Crippen LogP contribution in [-0.2, 0) is 13.0 Å². The van der Waals surface area contributed by atoms with Gasteiger partial charge in [0.15, 0.2) is 0 Å². The number of nitrogens with one attached hydrogen (secondary N) is 3. The highest BCUT2D eigenvalue weighted by Gasteiger charge is 2.10. The lowest BCUT2D eigenvalue weighted by Gasteiger charge is -2.18. The molecule has 0 saturated carbocycles. The number of anilines is 2. The van der Waals surface area contributed by atoms with Gasteiger partial charge in [-0.2, -0.15) is 0 Å². The Kier molecular flexibility index (Phi) is 6.46. The van der Waals surface area contributed by atoms with Gasteiger partial charge < -0.3 is 20.7 Å². The number of halogens is 1. The Bertz CT molecular complexity index is 706. The van der Waals surface area contributed by atoms with E-state index in [2.05, 4.69) is 22.0 Å². The number of urea groups is 1. The summed E-state index contributed by atoms with van der Waals surface area (Å²) in [5.74, 6) is 0.742. The molecule has 2 aromatic carbocycles. The van der Waals surface area contributed by atoms with Crippen molar-refractivity contribution in [3.63, 3.8) is 0 Å². The third kappa shape index (κ3) is 4.63. The summed E-state index contributed by atoms with van der Waals surface area (Å²) in [7, 11) is 0. The van der Waals surface area contributed by atoms with Gasteiger partial charge in [0.2, 0.25) is 0 Å². The molecular weight excluding hydrogens is 326 g/mol. The normalized spacial score (nSPS) is 12.5. The number of carbonyl (C=O) groups is 1. The number of fused-ring (bicyclic) bond motifs is 1. The summed E-state index contributed by atoms with van der Waals surface area (Å²) in [5.41, 5.74) is 4.10. The van der Waals surface area contributed by atoms with E-state index in [0.29, 0.717) is 12.3 Å². The highest BCUT2D eigenvalue weighted by Crippen LogP contribution is 2.20. The molecular formula is C18H22ClN3O2. The van der Waals surface area contributed by atoms with Gasteiger partial charge in [-0.1, -0.05) is 12.1 Å². The molecule has 1 heterocycles. The molecule has 6 heteroatoms. The largest absolute Gasteiger partial charge is 0.494 e. The van der Waals surface area contributed by atoms with Gasteiger partial charge in [0.1, 0.15) is 5.75 Å². The molecule has 1 aliphatic heterocycles. The number of hydrogen-bond donors (Lipinski definition) is 3. The number of ether oxygens (including phenoxy) is 1. The zero-order valence-electron chi connectivity index (χ0n) is 13.6. The van der Waals surface area contributed by atoms with Crippen LogP contribution in [0.4, 0.5) is 16.2 Å². The fourth-order valence-corrected chi connectivity index (χ4v) is 2.68. The fraction of sp³-hybridized carbons (Fsp3) is 0.278. The van der Waals surface area contributed by atoms with Gasteiger partial charge in [-0.15, -0.1) is 12.4 Å². The predicted molar refractivity (Wildman–Crippen MR) is 99.4 cm³/mol. The molecule has 2 amide bonds. The van der Waals surface area contributed by atoms with Crippen LogP contribution in [0.5, 0.6) is 5.75 Å². The lowest BCUT2D eigenvalue weighted by atomic mass is 10.0. The summed E-state index contributed by atoms with van der Waals surface area (Å²) in [6, 6.07) is 13.1. The van der Waals surface area contributed by atoms with Crippen molar-refractivity contribution < 1.29 is 9.53 Å². The summed E-state index contributed by atoms with van der Waals surface area (Å²) in [5, 5.41) is 9.05. The second-order valence-corrected chi connectivity index (χ2v) is 5.45. The summed E-state index contributed by atoms with van der Waals surface area (Å²) in [4.78, 5) is 12.1. The van der Waals surface area contributed by atoms with E-state index in [1.807, 2.05) is 43.3 Å². The Morgan fingerprint density at radius 2 is 1.92 bits per heavy atom. The standard InChI is InChI=1S/C18H21N3O2.ClH/c1-2-23-17-5-3-4-15(11-17)20-18(22)21-16-7-6-14-12-19-9-8-13(14)10-16;/h3-7,10-11,19H,2,8-9,12H2,1H3,(H2,20,21,22);1H. The van der Waals surface area contributed by atoms with E-state index < -0.39 is 0 Å². The van der Waals surface area contributed by atoms with Gasteiger partial charge in [-0.25, -0.2) is 4.79 Å². The molecule has 0 aromatic heterocycles. The zero-order valence-corrected chi connectivity index (χ0v) is 14.4. The van der Waals surface area contributed by atoms with Crippen molar-refractivity contribution in [1.82, 2.24) is 5.32 Å². The topological polar surface area (TPSA) is 62.4 Å². The third-order valence-corrected chi connectivity index (χ3v) is 3.75. The molecule has 1 aliphatic rings. The summed E-state index contributed by atoms with van der Waals surface area (Å²) >= 11 is 0. The van der Waals surface area contributed by atoms with Crippen LogP contribution in [0.3, 0.4) is 0 Å². The molecule has 5 nitrogen and oxygen atoms in total. The Hall–Kier alpha value is -2.24. The van der Waals surface area contributed by atoms with E-state index >= 15 is 0 Å². The Balaban J connectivity index is 0.00000208. The van der Waals surface area contributed by atoms with Crippen LogP contribution in [0.25, 0.3) is 0 Å². The molecule has 0 saturated heterocycles. The first-order valence-corrected chi connectivity index (χ1v) is 7.88. The molecule has 3 rings (SSSR count). The highest BCUT2D eigenvalue weighted by atomic mass is 35.5. The Morgan fingerprint density at radius 1 is 1.12 bits per heavy atom. The van der Waals surface area contributed by atoms with E-state index in [1.165, 1.54) is 11.1 Å². The molecule has 0 aliphatic carbocycles. The second-order valence-electron chi connectivity index (χ2n) is 5.45. The molecule has 0 unspecified atom stereocenters. The minimum atomic E-state index is -0.257. The van der Waals surface area contributed by atoms with Crippen LogP contribution in [0.1, 0.15) is 18.1 Å². The van der Waals surface area contributed by atoms with Gasteiger partial charge in [-0.05, 0) is 55.3 Å². The van der Waals surface area contributed by atoms with Crippen molar-refractivity contribution in [3.05, 3.63) is 53.6 Å². The first-order valence-electron chi connectivity index (χ1n) is 7.88. The molecule has 3 N–H and O–H groups in total. The summed E-state index contributed by atoms with van der Waals surface area (Å²) < 4.78 is 5.43. The maximum Gasteiger partial charge on any atom is 0.323 e. The maximum atomic E-state index is 12.1. The number of benzene rings is 2. The number of hydrogen-bond acceptors (Lipinski definition) is 3. The average Bonchev–Trinajstić information content (AvgIpc) is 2.55. The number of carbonyl (C=O) groups excluding carboxylic acids is 1. The van der Waals surface area contributed by atoms with E-state index in [9.17, 15) is 4.79 Å². The van der Waals surface area contributed by atoms with Crippen LogP contribution in [-0.4, -0.2) is 19.2 Å². The fourth-order valence-electron chi connectivity index (χ4n) is 2.68. The van der Waals surface area contributed by atoms with Gasteiger partial charge >= 0.3 is 6.03 Å². The molecule has 24 heavy (non-hydrogen) atoms. The molecule has 0 bridgehead atoms. The molecule has 0 spiro atoms. The van der Waals surface area contributed by atoms with Gasteiger partial charge in [0.25, 0.3) is 0 Å². The van der Waals surface area contributed by atoms with Crippen molar-refractivity contribution in [2.75, 3.05) is 23.8 Å². The zero-order chi connectivity index (χ0) is 16.1. The average molecular weight is 348 g/mol. The lowest BCUT2D eigenvalue weighted by molar-refractivity contribution is 0.262. The van der Waals surface area contributed by atoms with Crippen molar-refractivity contribution in [2.24, 2.45) is 0 Å². The van der Waals surface area contributed by atoms with Gasteiger partial charge in [-0.3, -0.25) is 0 Å². The van der Waals surface area contributed by atoms with Crippen molar-refractivity contribution >= 4 is 29.8 Å². The first-order chi connectivity index (χ1) is 11.2. The van der Waals surface area contributed by atoms with Crippen LogP contribution >= 0.6 is 12.4 Å². The van der Waals surface area contributed by atoms with Crippen LogP contribution in [0.2, 0.25) is 0 Å².